The largest absolute Gasteiger partial charge is 0.310 e. The van der Waals surface area contributed by atoms with Gasteiger partial charge in [-0.2, -0.15) is 0 Å². The van der Waals surface area contributed by atoms with Crippen LogP contribution in [0.4, 0.5) is 17.1 Å². The molecule has 0 N–H and O–H groups in total. The van der Waals surface area contributed by atoms with Gasteiger partial charge < -0.3 is 4.90 Å². The zero-order valence-electron chi connectivity index (χ0n) is 36.0. The lowest BCUT2D eigenvalue weighted by Gasteiger charge is -2.31. The van der Waals surface area contributed by atoms with E-state index in [0.29, 0.717) is 0 Å². The first-order chi connectivity index (χ1) is 31.0. The quantitative estimate of drug-likeness (QED) is 0.155. The summed E-state index contributed by atoms with van der Waals surface area (Å²) in [6.07, 6.45) is 4.94. The van der Waals surface area contributed by atoms with Crippen molar-refractivity contribution in [3.8, 4) is 66.8 Å². The highest BCUT2D eigenvalue weighted by atomic mass is 15.1. The van der Waals surface area contributed by atoms with Crippen LogP contribution < -0.4 is 4.90 Å². The fraction of sp³-hybridized carbons (Fsp3) is 0.129. The molecule has 1 heteroatoms. The van der Waals surface area contributed by atoms with Crippen molar-refractivity contribution in [3.63, 3.8) is 0 Å². The van der Waals surface area contributed by atoms with E-state index in [1.54, 1.807) is 0 Å². The molecule has 0 amide bonds. The molecule has 12 rings (SSSR count). The van der Waals surface area contributed by atoms with Gasteiger partial charge in [0.1, 0.15) is 0 Å². The maximum atomic E-state index is 2.54. The van der Waals surface area contributed by atoms with Crippen molar-refractivity contribution in [1.82, 2.24) is 0 Å². The van der Waals surface area contributed by atoms with E-state index in [1.165, 1.54) is 126 Å². The lowest BCUT2D eigenvalue weighted by molar-refractivity contribution is 0.550. The van der Waals surface area contributed by atoms with Gasteiger partial charge in [-0.3, -0.25) is 0 Å². The predicted molar refractivity (Wildman–Crippen MR) is 265 cm³/mol. The summed E-state index contributed by atoms with van der Waals surface area (Å²) < 4.78 is 0. The molecule has 3 aliphatic rings. The number of nitrogens with zero attached hydrogens (tertiary/aromatic N) is 1. The highest BCUT2D eigenvalue weighted by molar-refractivity contribution is 5.93. The molecule has 0 unspecified atom stereocenters. The maximum Gasteiger partial charge on any atom is 0.0540 e. The van der Waals surface area contributed by atoms with E-state index in [-0.39, 0.29) is 10.8 Å². The van der Waals surface area contributed by atoms with Gasteiger partial charge in [-0.05, 0) is 127 Å². The molecule has 9 aromatic rings. The van der Waals surface area contributed by atoms with E-state index in [0.717, 1.165) is 5.69 Å². The first-order valence-corrected chi connectivity index (χ1v) is 22.7. The van der Waals surface area contributed by atoms with Gasteiger partial charge in [0.2, 0.25) is 0 Å². The van der Waals surface area contributed by atoms with Gasteiger partial charge in [0.25, 0.3) is 0 Å². The van der Waals surface area contributed by atoms with Crippen molar-refractivity contribution in [2.45, 2.75) is 50.4 Å². The lowest BCUT2D eigenvalue weighted by atomic mass is 9.76. The summed E-state index contributed by atoms with van der Waals surface area (Å²) in [5.74, 6) is 0. The predicted octanol–water partition coefficient (Wildman–Crippen LogP) is 17.0. The maximum absolute atomic E-state index is 2.54. The summed E-state index contributed by atoms with van der Waals surface area (Å²) in [4.78, 5) is 2.51. The Kier molecular flexibility index (Phi) is 8.76. The van der Waals surface area contributed by atoms with Crippen LogP contribution in [-0.4, -0.2) is 0 Å². The number of hydrogen-bond acceptors (Lipinski definition) is 1. The van der Waals surface area contributed by atoms with Crippen molar-refractivity contribution in [2.75, 3.05) is 4.90 Å². The third-order valence-corrected chi connectivity index (χ3v) is 14.6. The van der Waals surface area contributed by atoms with Crippen LogP contribution in [0, 0.1) is 0 Å². The summed E-state index contributed by atoms with van der Waals surface area (Å²) in [6.45, 7) is 4.76. The second-order valence-corrected chi connectivity index (χ2v) is 18.4. The smallest absolute Gasteiger partial charge is 0.0540 e. The van der Waals surface area contributed by atoms with Gasteiger partial charge in [0, 0.05) is 27.8 Å². The van der Waals surface area contributed by atoms with Gasteiger partial charge in [-0.15, -0.1) is 0 Å². The highest BCUT2D eigenvalue weighted by Gasteiger charge is 2.45. The molecule has 0 saturated heterocycles. The second-order valence-electron chi connectivity index (χ2n) is 18.4. The summed E-state index contributed by atoms with van der Waals surface area (Å²) in [6, 6.07) is 79.3. The SMILES string of the molecule is CC1(C)c2ccccc2-c2cccc(-c3ccc(N(c4ccc5c(c4)C4(CCCC4)c4ccccc4-5)c4ccccc4-c4ccc(-c5ccc(-c6ccccc6)cc5)cc4)cc3)c21. The van der Waals surface area contributed by atoms with Crippen molar-refractivity contribution in [3.05, 3.63) is 235 Å². The summed E-state index contributed by atoms with van der Waals surface area (Å²) >= 11 is 0. The number of benzene rings is 9. The Morgan fingerprint density at radius 3 is 1.48 bits per heavy atom. The molecule has 9 aromatic carbocycles. The standard InChI is InChI=1S/C62H49N/c1-61(2)56-22-9-6-19-53(56)55-21-14-20-51(60(55)61)47-33-35-48(36-34-47)63(49-37-38-54-52-18-7-10-23-57(52)62(58(54)41-49)39-12-13-40-62)59-24-11-8-17-50(59)46-31-29-45(30-32-46)44-27-25-43(26-28-44)42-15-4-3-5-16-42/h3-11,14-38,41H,12-13,39-40H2,1-2H3. The Bertz CT molecular complexity index is 3160. The minimum Gasteiger partial charge on any atom is -0.310 e. The molecule has 0 aliphatic heterocycles. The Morgan fingerprint density at radius 1 is 0.333 bits per heavy atom. The monoisotopic (exact) mass is 807 g/mol. The van der Waals surface area contributed by atoms with Crippen LogP contribution in [0.15, 0.2) is 212 Å². The molecule has 1 saturated carbocycles. The third kappa shape index (κ3) is 5.98. The summed E-state index contributed by atoms with van der Waals surface area (Å²) in [7, 11) is 0. The molecular formula is C62H49N. The fourth-order valence-corrected chi connectivity index (χ4v) is 11.6. The molecule has 3 aliphatic carbocycles. The van der Waals surface area contributed by atoms with Gasteiger partial charge in [-0.1, -0.05) is 209 Å². The molecule has 1 fully saturated rings. The van der Waals surface area contributed by atoms with Gasteiger partial charge in [0.15, 0.2) is 0 Å². The molecular weight excluding hydrogens is 759 g/mol. The van der Waals surface area contributed by atoms with Crippen molar-refractivity contribution in [2.24, 2.45) is 0 Å². The number of rotatable bonds is 7. The first kappa shape index (κ1) is 37.5. The van der Waals surface area contributed by atoms with Gasteiger partial charge >= 0.3 is 0 Å². The van der Waals surface area contributed by atoms with E-state index in [1.807, 2.05) is 0 Å². The zero-order valence-corrected chi connectivity index (χ0v) is 36.0. The minimum absolute atomic E-state index is 0.0736. The van der Waals surface area contributed by atoms with Crippen LogP contribution in [0.5, 0.6) is 0 Å². The highest BCUT2D eigenvalue weighted by Crippen LogP contribution is 2.58. The molecule has 302 valence electrons. The van der Waals surface area contributed by atoms with Crippen LogP contribution in [-0.2, 0) is 10.8 Å². The number of hydrogen-bond donors (Lipinski definition) is 0. The van der Waals surface area contributed by atoms with Crippen molar-refractivity contribution >= 4 is 17.1 Å². The number of fused-ring (bicyclic) bond motifs is 8. The van der Waals surface area contributed by atoms with E-state index in [9.17, 15) is 0 Å². The van der Waals surface area contributed by atoms with Crippen molar-refractivity contribution < 1.29 is 0 Å². The lowest BCUT2D eigenvalue weighted by Crippen LogP contribution is -2.21. The van der Waals surface area contributed by atoms with E-state index in [2.05, 4.69) is 231 Å². The van der Waals surface area contributed by atoms with Crippen LogP contribution >= 0.6 is 0 Å². The first-order valence-electron chi connectivity index (χ1n) is 22.7. The molecule has 0 heterocycles. The minimum atomic E-state index is -0.0917. The third-order valence-electron chi connectivity index (χ3n) is 14.6. The van der Waals surface area contributed by atoms with Gasteiger partial charge in [0.05, 0.1) is 5.69 Å². The molecule has 0 aromatic heterocycles. The van der Waals surface area contributed by atoms with Crippen LogP contribution in [0.2, 0.25) is 0 Å². The van der Waals surface area contributed by atoms with Crippen molar-refractivity contribution in [1.29, 1.82) is 0 Å². The molecule has 1 spiro atoms. The average molecular weight is 808 g/mol. The molecule has 63 heavy (non-hydrogen) atoms. The van der Waals surface area contributed by atoms with E-state index in [4.69, 9.17) is 0 Å². The fourth-order valence-electron chi connectivity index (χ4n) is 11.6. The second kappa shape index (κ2) is 14.7. The number of anilines is 3. The summed E-state index contributed by atoms with van der Waals surface area (Å²) in [5, 5.41) is 0. The summed E-state index contributed by atoms with van der Waals surface area (Å²) in [5.41, 5.74) is 24.7. The molecule has 0 bridgehead atoms. The van der Waals surface area contributed by atoms with E-state index < -0.39 is 0 Å². The van der Waals surface area contributed by atoms with Crippen LogP contribution in [0.3, 0.4) is 0 Å². The van der Waals surface area contributed by atoms with Crippen LogP contribution in [0.1, 0.15) is 61.8 Å². The molecule has 0 atom stereocenters. The topological polar surface area (TPSA) is 3.24 Å². The molecule has 1 nitrogen and oxygen atoms in total. The van der Waals surface area contributed by atoms with E-state index >= 15 is 0 Å². The van der Waals surface area contributed by atoms with Gasteiger partial charge in [-0.25, -0.2) is 0 Å². The van der Waals surface area contributed by atoms with Crippen LogP contribution in [0.25, 0.3) is 66.8 Å². The number of para-hydroxylation sites is 1. The molecule has 0 radical (unpaired) electrons. The Balaban J connectivity index is 0.966. The Labute approximate surface area is 372 Å². The normalized spacial score (nSPS) is 14.8. The zero-order chi connectivity index (χ0) is 42.1. The average Bonchev–Trinajstić information content (AvgIpc) is 4.02. The Hall–Kier alpha value is -7.22. The Morgan fingerprint density at radius 2 is 0.794 bits per heavy atom.